The van der Waals surface area contributed by atoms with Gasteiger partial charge in [0.1, 0.15) is 0 Å². The van der Waals surface area contributed by atoms with Gasteiger partial charge in [0.2, 0.25) is 0 Å². The lowest BCUT2D eigenvalue weighted by molar-refractivity contribution is 0.0905. The van der Waals surface area contributed by atoms with Crippen molar-refractivity contribution >= 4 is 0 Å². The van der Waals surface area contributed by atoms with Gasteiger partial charge >= 0.3 is 0 Å². The molecule has 1 saturated heterocycles. The summed E-state index contributed by atoms with van der Waals surface area (Å²) >= 11 is 0. The van der Waals surface area contributed by atoms with Gasteiger partial charge in [0.25, 0.3) is 0 Å². The summed E-state index contributed by atoms with van der Waals surface area (Å²) in [5.74, 6) is 0. The van der Waals surface area contributed by atoms with Gasteiger partial charge in [-0.1, -0.05) is 0 Å². The zero-order valence-electron chi connectivity index (χ0n) is 10.7. The first-order valence-electron chi connectivity index (χ1n) is 6.12. The average molecular weight is 214 g/mol. The van der Waals surface area contributed by atoms with Gasteiger partial charge < -0.3 is 10.1 Å². The number of rotatable bonds is 4. The lowest BCUT2D eigenvalue weighted by Gasteiger charge is -2.32. The molecule has 1 heterocycles. The molecule has 3 heteroatoms. The maximum absolute atomic E-state index is 5.43. The van der Waals surface area contributed by atoms with Crippen LogP contribution in [0.25, 0.3) is 0 Å². The minimum atomic E-state index is 0.233. The molecular weight excluding hydrogens is 188 g/mol. The molecule has 1 fully saturated rings. The molecule has 3 nitrogen and oxygen atoms in total. The third-order valence-electron chi connectivity index (χ3n) is 3.11. The van der Waals surface area contributed by atoms with Crippen LogP contribution in [0.15, 0.2) is 0 Å². The SMILES string of the molecule is CCOCCN1CC(C)(C)NCCC1C. The molecule has 90 valence electrons. The van der Waals surface area contributed by atoms with E-state index in [0.717, 1.165) is 32.8 Å². The van der Waals surface area contributed by atoms with Crippen molar-refractivity contribution in [1.82, 2.24) is 10.2 Å². The van der Waals surface area contributed by atoms with E-state index in [1.807, 2.05) is 0 Å². The highest BCUT2D eigenvalue weighted by Gasteiger charge is 2.27. The molecular formula is C12H26N2O. The second-order valence-electron chi connectivity index (χ2n) is 5.12. The molecule has 1 atom stereocenters. The third kappa shape index (κ3) is 4.49. The quantitative estimate of drug-likeness (QED) is 0.718. The Labute approximate surface area is 94.2 Å². The molecule has 0 aliphatic carbocycles. The Hall–Kier alpha value is -0.120. The zero-order valence-corrected chi connectivity index (χ0v) is 10.7. The predicted octanol–water partition coefficient (Wildman–Crippen LogP) is 1.49. The van der Waals surface area contributed by atoms with Crippen molar-refractivity contribution in [1.29, 1.82) is 0 Å². The molecule has 0 amide bonds. The van der Waals surface area contributed by atoms with Crippen molar-refractivity contribution in [3.8, 4) is 0 Å². The van der Waals surface area contributed by atoms with Crippen LogP contribution in [0.3, 0.4) is 0 Å². The predicted molar refractivity (Wildman–Crippen MR) is 64.2 cm³/mol. The molecule has 0 aromatic carbocycles. The van der Waals surface area contributed by atoms with Gasteiger partial charge in [0.15, 0.2) is 0 Å². The minimum absolute atomic E-state index is 0.233. The van der Waals surface area contributed by atoms with E-state index in [1.54, 1.807) is 0 Å². The molecule has 1 aliphatic rings. The second kappa shape index (κ2) is 5.83. The molecule has 15 heavy (non-hydrogen) atoms. The first-order valence-corrected chi connectivity index (χ1v) is 6.12. The van der Waals surface area contributed by atoms with Crippen LogP contribution < -0.4 is 5.32 Å². The van der Waals surface area contributed by atoms with Crippen LogP contribution in [0.2, 0.25) is 0 Å². The molecule has 1 aliphatic heterocycles. The van der Waals surface area contributed by atoms with Crippen molar-refractivity contribution in [3.63, 3.8) is 0 Å². The van der Waals surface area contributed by atoms with Gasteiger partial charge in [-0.25, -0.2) is 0 Å². The first-order chi connectivity index (χ1) is 7.05. The average Bonchev–Trinajstić information content (AvgIpc) is 2.27. The highest BCUT2D eigenvalue weighted by Crippen LogP contribution is 2.14. The Balaban J connectivity index is 2.43. The lowest BCUT2D eigenvalue weighted by atomic mass is 10.1. The smallest absolute Gasteiger partial charge is 0.0593 e. The van der Waals surface area contributed by atoms with E-state index in [0.29, 0.717) is 6.04 Å². The van der Waals surface area contributed by atoms with Crippen molar-refractivity contribution in [2.75, 3.05) is 32.8 Å². The minimum Gasteiger partial charge on any atom is -0.380 e. The maximum Gasteiger partial charge on any atom is 0.0593 e. The third-order valence-corrected chi connectivity index (χ3v) is 3.11. The summed E-state index contributed by atoms with van der Waals surface area (Å²) in [6, 6.07) is 0.666. The van der Waals surface area contributed by atoms with Crippen LogP contribution in [0, 0.1) is 0 Å². The largest absolute Gasteiger partial charge is 0.380 e. The van der Waals surface area contributed by atoms with E-state index in [2.05, 4.69) is 37.9 Å². The summed E-state index contributed by atoms with van der Waals surface area (Å²) < 4.78 is 5.43. The highest BCUT2D eigenvalue weighted by atomic mass is 16.5. The van der Waals surface area contributed by atoms with Crippen LogP contribution >= 0.6 is 0 Å². The van der Waals surface area contributed by atoms with Crippen molar-refractivity contribution in [2.24, 2.45) is 0 Å². The van der Waals surface area contributed by atoms with Gasteiger partial charge in [0, 0.05) is 31.3 Å². The van der Waals surface area contributed by atoms with Crippen molar-refractivity contribution in [3.05, 3.63) is 0 Å². The fraction of sp³-hybridized carbons (Fsp3) is 1.00. The Morgan fingerprint density at radius 2 is 2.20 bits per heavy atom. The molecule has 1 rings (SSSR count). The summed E-state index contributed by atoms with van der Waals surface area (Å²) in [7, 11) is 0. The van der Waals surface area contributed by atoms with E-state index in [-0.39, 0.29) is 5.54 Å². The van der Waals surface area contributed by atoms with Gasteiger partial charge in [0.05, 0.1) is 6.61 Å². The number of hydrogen-bond acceptors (Lipinski definition) is 3. The Kier molecular flexibility index (Phi) is 5.03. The van der Waals surface area contributed by atoms with Crippen LogP contribution in [-0.4, -0.2) is 49.3 Å². The first kappa shape index (κ1) is 12.9. The fourth-order valence-electron chi connectivity index (χ4n) is 2.15. The lowest BCUT2D eigenvalue weighted by Crippen LogP contribution is -2.48. The monoisotopic (exact) mass is 214 g/mol. The van der Waals surface area contributed by atoms with Crippen molar-refractivity contribution < 1.29 is 4.74 Å². The number of hydrogen-bond donors (Lipinski definition) is 1. The van der Waals surface area contributed by atoms with Gasteiger partial charge in [-0.15, -0.1) is 0 Å². The summed E-state index contributed by atoms with van der Waals surface area (Å²) in [6.07, 6.45) is 1.23. The van der Waals surface area contributed by atoms with Crippen molar-refractivity contribution in [2.45, 2.75) is 45.7 Å². The maximum atomic E-state index is 5.43. The van der Waals surface area contributed by atoms with E-state index in [9.17, 15) is 0 Å². The van der Waals surface area contributed by atoms with E-state index in [1.165, 1.54) is 6.42 Å². The summed E-state index contributed by atoms with van der Waals surface area (Å²) in [5.41, 5.74) is 0.233. The number of nitrogens with zero attached hydrogens (tertiary/aromatic N) is 1. The molecule has 1 unspecified atom stereocenters. The summed E-state index contributed by atoms with van der Waals surface area (Å²) in [4.78, 5) is 2.54. The summed E-state index contributed by atoms with van der Waals surface area (Å²) in [6.45, 7) is 13.9. The molecule has 0 spiro atoms. The Morgan fingerprint density at radius 3 is 2.87 bits per heavy atom. The molecule has 0 aromatic heterocycles. The molecule has 0 aromatic rings. The molecule has 1 N–H and O–H groups in total. The molecule has 0 radical (unpaired) electrons. The summed E-state index contributed by atoms with van der Waals surface area (Å²) in [5, 5.41) is 3.59. The second-order valence-corrected chi connectivity index (χ2v) is 5.12. The highest BCUT2D eigenvalue weighted by molar-refractivity contribution is 4.87. The van der Waals surface area contributed by atoms with Crippen LogP contribution in [-0.2, 0) is 4.74 Å². The Bertz CT molecular complexity index is 182. The Morgan fingerprint density at radius 1 is 1.47 bits per heavy atom. The van der Waals surface area contributed by atoms with Crippen LogP contribution in [0.4, 0.5) is 0 Å². The van der Waals surface area contributed by atoms with E-state index < -0.39 is 0 Å². The van der Waals surface area contributed by atoms with E-state index >= 15 is 0 Å². The van der Waals surface area contributed by atoms with Crippen LogP contribution in [0.5, 0.6) is 0 Å². The van der Waals surface area contributed by atoms with Crippen LogP contribution in [0.1, 0.15) is 34.1 Å². The van der Waals surface area contributed by atoms with E-state index in [4.69, 9.17) is 4.74 Å². The van der Waals surface area contributed by atoms with Gasteiger partial charge in [-0.05, 0) is 40.7 Å². The van der Waals surface area contributed by atoms with Gasteiger partial charge in [-0.2, -0.15) is 0 Å². The normalized spacial score (nSPS) is 27.6. The molecule has 0 bridgehead atoms. The molecule has 0 saturated carbocycles. The number of ether oxygens (including phenoxy) is 1. The van der Waals surface area contributed by atoms with Gasteiger partial charge in [-0.3, -0.25) is 4.90 Å². The standard InChI is InChI=1S/C12H26N2O/c1-5-15-9-8-14-10-12(3,4)13-7-6-11(14)2/h11,13H,5-10H2,1-4H3. The topological polar surface area (TPSA) is 24.5 Å². The number of nitrogens with one attached hydrogen (secondary N) is 1. The fourth-order valence-corrected chi connectivity index (χ4v) is 2.15. The zero-order chi connectivity index (χ0) is 11.3.